The summed E-state index contributed by atoms with van der Waals surface area (Å²) >= 11 is 0. The maximum Gasteiger partial charge on any atom is 0.164 e. The van der Waals surface area contributed by atoms with Crippen LogP contribution in [0.25, 0.3) is 72.8 Å². The molecule has 5 nitrogen and oxygen atoms in total. The molecule has 3 aromatic heterocycles. The zero-order valence-corrected chi connectivity index (χ0v) is 30.3. The van der Waals surface area contributed by atoms with Crippen molar-refractivity contribution in [3.8, 4) is 51.0 Å². The lowest BCUT2D eigenvalue weighted by atomic mass is 9.63. The van der Waals surface area contributed by atoms with Crippen LogP contribution in [0.3, 0.4) is 0 Å². The van der Waals surface area contributed by atoms with Gasteiger partial charge >= 0.3 is 0 Å². The van der Waals surface area contributed by atoms with Crippen LogP contribution in [0.2, 0.25) is 0 Å². The molecular formula is C51H33N5. The smallest absolute Gasteiger partial charge is 0.164 e. The zero-order chi connectivity index (χ0) is 37.1. The van der Waals surface area contributed by atoms with E-state index in [0.717, 1.165) is 39.1 Å². The first-order valence-electron chi connectivity index (χ1n) is 18.9. The maximum atomic E-state index is 5.05. The van der Waals surface area contributed by atoms with Gasteiger partial charge in [-0.3, -0.25) is 4.98 Å². The van der Waals surface area contributed by atoms with Crippen molar-refractivity contribution in [3.63, 3.8) is 0 Å². The van der Waals surface area contributed by atoms with E-state index in [-0.39, 0.29) is 0 Å². The van der Waals surface area contributed by atoms with Gasteiger partial charge in [-0.15, -0.1) is 0 Å². The number of rotatable bonds is 6. The summed E-state index contributed by atoms with van der Waals surface area (Å²) in [6.45, 7) is 0. The van der Waals surface area contributed by atoms with E-state index in [1.807, 2.05) is 79.1 Å². The van der Waals surface area contributed by atoms with Gasteiger partial charge in [0.2, 0.25) is 0 Å². The van der Waals surface area contributed by atoms with Crippen molar-refractivity contribution in [1.29, 1.82) is 0 Å². The lowest BCUT2D eigenvalue weighted by Gasteiger charge is -2.42. The van der Waals surface area contributed by atoms with Gasteiger partial charge in [-0.2, -0.15) is 0 Å². The third-order valence-corrected chi connectivity index (χ3v) is 11.2. The molecule has 5 heteroatoms. The molecule has 0 saturated heterocycles. The van der Waals surface area contributed by atoms with Gasteiger partial charge in [-0.1, -0.05) is 170 Å². The van der Waals surface area contributed by atoms with E-state index in [4.69, 9.17) is 15.0 Å². The van der Waals surface area contributed by atoms with E-state index in [1.165, 1.54) is 38.5 Å². The molecule has 0 radical (unpaired) electrons. The van der Waals surface area contributed by atoms with Gasteiger partial charge in [0, 0.05) is 45.4 Å². The van der Waals surface area contributed by atoms with Crippen LogP contribution >= 0.6 is 0 Å². The van der Waals surface area contributed by atoms with E-state index >= 15 is 0 Å². The zero-order valence-electron chi connectivity index (χ0n) is 30.3. The molecule has 0 saturated carbocycles. The summed E-state index contributed by atoms with van der Waals surface area (Å²) in [6.07, 6.45) is 3.77. The number of benzene rings is 7. The Bertz CT molecular complexity index is 2990. The van der Waals surface area contributed by atoms with Crippen LogP contribution in [0.1, 0.15) is 22.3 Å². The van der Waals surface area contributed by atoms with Crippen LogP contribution in [0, 0.1) is 0 Å². The van der Waals surface area contributed by atoms with Crippen LogP contribution in [-0.4, -0.2) is 24.5 Å². The number of aromatic nitrogens is 5. The highest BCUT2D eigenvalue weighted by Gasteiger charge is 2.45. The summed E-state index contributed by atoms with van der Waals surface area (Å²) in [5.41, 5.74) is 12.7. The number of para-hydroxylation sites is 2. The molecule has 262 valence electrons. The monoisotopic (exact) mass is 715 g/mol. The van der Waals surface area contributed by atoms with E-state index in [9.17, 15) is 0 Å². The van der Waals surface area contributed by atoms with Gasteiger partial charge in [-0.25, -0.2) is 15.0 Å². The lowest BCUT2D eigenvalue weighted by Crippen LogP contribution is -2.35. The number of hydrogen-bond donors (Lipinski definition) is 0. The molecular weight excluding hydrogens is 683 g/mol. The standard InChI is InChI=1S/C51H33N5/c1-4-14-34(15-5-1)48-53-49(35-16-6-2-7-17-35)55-50(54-48)36-25-28-40(29-26-36)51(39-19-8-3-9-20-39)43-30-27-37(38-18-13-31-52-33-38)32-46(43)56-45-24-11-10-21-41(45)42-22-12-23-44(51)47(42)56/h1-33H. The molecule has 0 spiro atoms. The van der Waals surface area contributed by atoms with Crippen LogP contribution < -0.4 is 0 Å². The van der Waals surface area contributed by atoms with Crippen molar-refractivity contribution in [2.45, 2.75) is 5.41 Å². The highest BCUT2D eigenvalue weighted by atomic mass is 15.0. The van der Waals surface area contributed by atoms with Crippen molar-refractivity contribution in [2.75, 3.05) is 0 Å². The number of fused-ring (bicyclic) bond motifs is 5. The Kier molecular flexibility index (Phi) is 7.32. The van der Waals surface area contributed by atoms with Crippen molar-refractivity contribution < 1.29 is 0 Å². The van der Waals surface area contributed by atoms with Crippen LogP contribution in [0.15, 0.2) is 200 Å². The van der Waals surface area contributed by atoms with Crippen molar-refractivity contribution in [2.24, 2.45) is 0 Å². The van der Waals surface area contributed by atoms with Gasteiger partial charge in [0.25, 0.3) is 0 Å². The topological polar surface area (TPSA) is 56.5 Å². The first-order valence-corrected chi connectivity index (χ1v) is 18.9. The fourth-order valence-electron chi connectivity index (χ4n) is 8.75. The van der Waals surface area contributed by atoms with Gasteiger partial charge in [0.1, 0.15) is 0 Å². The lowest BCUT2D eigenvalue weighted by molar-refractivity contribution is 0.728. The second-order valence-electron chi connectivity index (χ2n) is 14.3. The highest BCUT2D eigenvalue weighted by molar-refractivity contribution is 6.12. The number of hydrogen-bond acceptors (Lipinski definition) is 4. The third-order valence-electron chi connectivity index (χ3n) is 11.2. The summed E-state index contributed by atoms with van der Waals surface area (Å²) in [4.78, 5) is 19.5. The molecule has 11 rings (SSSR count). The molecule has 1 unspecified atom stereocenters. The third kappa shape index (κ3) is 4.88. The summed E-state index contributed by atoms with van der Waals surface area (Å²) in [5.74, 6) is 1.92. The Morgan fingerprint density at radius 1 is 0.393 bits per heavy atom. The molecule has 0 N–H and O–H groups in total. The first-order chi connectivity index (χ1) is 27.8. The molecule has 0 amide bonds. The molecule has 1 aliphatic rings. The van der Waals surface area contributed by atoms with Crippen molar-refractivity contribution >= 4 is 21.8 Å². The number of pyridine rings is 1. The predicted octanol–water partition coefficient (Wildman–Crippen LogP) is 11.7. The summed E-state index contributed by atoms with van der Waals surface area (Å²) in [5, 5.41) is 2.47. The van der Waals surface area contributed by atoms with Crippen LogP contribution in [0.4, 0.5) is 0 Å². The van der Waals surface area contributed by atoms with E-state index in [2.05, 4.69) is 131 Å². The Morgan fingerprint density at radius 2 is 0.946 bits per heavy atom. The van der Waals surface area contributed by atoms with Gasteiger partial charge in [0.15, 0.2) is 17.5 Å². The normalized spacial score (nSPS) is 14.5. The van der Waals surface area contributed by atoms with Crippen LogP contribution in [0.5, 0.6) is 0 Å². The maximum absolute atomic E-state index is 5.05. The Balaban J connectivity index is 1.18. The molecule has 0 bridgehead atoms. The van der Waals surface area contributed by atoms with Gasteiger partial charge in [0.05, 0.1) is 22.1 Å². The second kappa shape index (κ2) is 12.8. The van der Waals surface area contributed by atoms with Crippen molar-refractivity contribution in [1.82, 2.24) is 24.5 Å². The SMILES string of the molecule is c1ccc(-c2nc(-c3ccccc3)nc(-c3ccc(C4(c5ccccc5)c5ccc(-c6cccnc6)cc5-n5c6ccccc6c6cccc4c65)cc3)n2)cc1. The predicted molar refractivity (Wildman–Crippen MR) is 226 cm³/mol. The second-order valence-corrected chi connectivity index (χ2v) is 14.3. The minimum atomic E-state index is -0.643. The molecule has 56 heavy (non-hydrogen) atoms. The molecule has 1 atom stereocenters. The molecule has 0 aliphatic carbocycles. The minimum Gasteiger partial charge on any atom is -0.309 e. The van der Waals surface area contributed by atoms with Gasteiger partial charge in [-0.05, 0) is 46.0 Å². The number of nitrogens with zero attached hydrogens (tertiary/aromatic N) is 5. The first kappa shape index (κ1) is 32.0. The van der Waals surface area contributed by atoms with E-state index < -0.39 is 5.41 Å². The fraction of sp³-hybridized carbons (Fsp3) is 0.0196. The van der Waals surface area contributed by atoms with E-state index in [1.54, 1.807) is 0 Å². The highest BCUT2D eigenvalue weighted by Crippen LogP contribution is 2.54. The summed E-state index contributed by atoms with van der Waals surface area (Å²) in [6, 6.07) is 66.7. The molecule has 4 heterocycles. The minimum absolute atomic E-state index is 0.630. The average Bonchev–Trinajstić information content (AvgIpc) is 3.63. The molecule has 1 aliphatic heterocycles. The largest absolute Gasteiger partial charge is 0.309 e. The van der Waals surface area contributed by atoms with Crippen molar-refractivity contribution in [3.05, 3.63) is 223 Å². The Labute approximate surface area is 324 Å². The fourth-order valence-corrected chi connectivity index (χ4v) is 8.75. The van der Waals surface area contributed by atoms with E-state index in [0.29, 0.717) is 17.5 Å². The molecule has 0 fully saturated rings. The van der Waals surface area contributed by atoms with Gasteiger partial charge < -0.3 is 4.57 Å². The molecule has 7 aromatic carbocycles. The average molecular weight is 716 g/mol. The van der Waals surface area contributed by atoms with Crippen LogP contribution in [-0.2, 0) is 5.41 Å². The Hall–Kier alpha value is -7.50. The summed E-state index contributed by atoms with van der Waals surface area (Å²) < 4.78 is 2.48. The Morgan fingerprint density at radius 3 is 1.61 bits per heavy atom. The summed E-state index contributed by atoms with van der Waals surface area (Å²) in [7, 11) is 0. The molecule has 10 aromatic rings. The quantitative estimate of drug-likeness (QED) is 0.172.